The second kappa shape index (κ2) is 10.3. The Bertz CT molecular complexity index is 1150. The number of ether oxygens (including phenoxy) is 4. The van der Waals surface area contributed by atoms with Crippen molar-refractivity contribution in [2.75, 3.05) is 53.6 Å². The van der Waals surface area contributed by atoms with E-state index in [0.717, 1.165) is 49.9 Å². The van der Waals surface area contributed by atoms with Crippen LogP contribution in [0.15, 0.2) is 46.9 Å². The SMILES string of the molecule is COc1ccc(-c2nnc(C(=O)N3CC(Oc4ccc(CN5CCOCC5)c(OC)c4)C3)o2)cc1. The minimum absolute atomic E-state index is 0.0385. The number of morpholine rings is 1. The third-order valence-electron chi connectivity index (χ3n) is 6.14. The number of hydrogen-bond acceptors (Lipinski definition) is 9. The Morgan fingerprint density at radius 1 is 1.00 bits per heavy atom. The summed E-state index contributed by atoms with van der Waals surface area (Å²) in [4.78, 5) is 16.7. The second-order valence-corrected chi connectivity index (χ2v) is 8.45. The van der Waals surface area contributed by atoms with Crippen LogP contribution in [0, 0.1) is 0 Å². The summed E-state index contributed by atoms with van der Waals surface area (Å²) < 4.78 is 27.8. The predicted octanol–water partition coefficient (Wildman–Crippen LogP) is 2.49. The molecular formula is C25H28N4O6. The molecule has 0 aliphatic carbocycles. The molecule has 1 aromatic heterocycles. The van der Waals surface area contributed by atoms with E-state index in [2.05, 4.69) is 15.1 Å². The lowest BCUT2D eigenvalue weighted by Gasteiger charge is -2.38. The smallest absolute Gasteiger partial charge is 0.311 e. The van der Waals surface area contributed by atoms with Gasteiger partial charge in [-0.1, -0.05) is 6.07 Å². The molecule has 3 aromatic rings. The lowest BCUT2D eigenvalue weighted by molar-refractivity contribution is 0.0149. The lowest BCUT2D eigenvalue weighted by atomic mass is 10.1. The van der Waals surface area contributed by atoms with Crippen molar-refractivity contribution in [3.63, 3.8) is 0 Å². The zero-order valence-corrected chi connectivity index (χ0v) is 19.8. The van der Waals surface area contributed by atoms with Crippen molar-refractivity contribution in [3.05, 3.63) is 53.9 Å². The van der Waals surface area contributed by atoms with Crippen LogP contribution in [0.25, 0.3) is 11.5 Å². The molecule has 1 amide bonds. The first-order valence-corrected chi connectivity index (χ1v) is 11.5. The van der Waals surface area contributed by atoms with Crippen LogP contribution >= 0.6 is 0 Å². The van der Waals surface area contributed by atoms with Crippen LogP contribution < -0.4 is 14.2 Å². The van der Waals surface area contributed by atoms with E-state index in [9.17, 15) is 4.79 Å². The first-order valence-electron chi connectivity index (χ1n) is 11.5. The third-order valence-corrected chi connectivity index (χ3v) is 6.14. The Morgan fingerprint density at radius 3 is 2.46 bits per heavy atom. The Labute approximate surface area is 203 Å². The molecule has 0 spiro atoms. The highest BCUT2D eigenvalue weighted by atomic mass is 16.5. The molecule has 10 nitrogen and oxygen atoms in total. The number of likely N-dealkylation sites (tertiary alicyclic amines) is 1. The van der Waals surface area contributed by atoms with Crippen molar-refractivity contribution in [1.82, 2.24) is 20.0 Å². The minimum atomic E-state index is -0.310. The Hall–Kier alpha value is -3.63. The molecule has 2 aromatic carbocycles. The highest BCUT2D eigenvalue weighted by molar-refractivity contribution is 5.90. The predicted molar refractivity (Wildman–Crippen MR) is 126 cm³/mol. The summed E-state index contributed by atoms with van der Waals surface area (Å²) in [7, 11) is 3.26. The van der Waals surface area contributed by atoms with Gasteiger partial charge in [0.25, 0.3) is 0 Å². The van der Waals surface area contributed by atoms with Gasteiger partial charge in [0, 0.05) is 36.8 Å². The van der Waals surface area contributed by atoms with Crippen molar-refractivity contribution in [2.24, 2.45) is 0 Å². The van der Waals surface area contributed by atoms with Crippen molar-refractivity contribution in [2.45, 2.75) is 12.6 Å². The van der Waals surface area contributed by atoms with E-state index < -0.39 is 0 Å². The molecule has 0 N–H and O–H groups in total. The summed E-state index contributed by atoms with van der Waals surface area (Å²) >= 11 is 0. The number of carbonyl (C=O) groups is 1. The fourth-order valence-corrected chi connectivity index (χ4v) is 4.10. The van der Waals surface area contributed by atoms with Crippen molar-refractivity contribution < 1.29 is 28.2 Å². The van der Waals surface area contributed by atoms with Gasteiger partial charge >= 0.3 is 11.8 Å². The number of rotatable bonds is 8. The molecular weight excluding hydrogens is 452 g/mol. The highest BCUT2D eigenvalue weighted by Gasteiger charge is 2.35. The monoisotopic (exact) mass is 480 g/mol. The first kappa shape index (κ1) is 23.1. The van der Waals surface area contributed by atoms with Crippen molar-refractivity contribution >= 4 is 5.91 Å². The van der Waals surface area contributed by atoms with Crippen LogP contribution in [-0.4, -0.2) is 85.6 Å². The molecule has 2 aliphatic rings. The van der Waals surface area contributed by atoms with Gasteiger partial charge in [0.15, 0.2) is 0 Å². The van der Waals surface area contributed by atoms with Crippen LogP contribution in [0.5, 0.6) is 17.2 Å². The maximum Gasteiger partial charge on any atom is 0.311 e. The van der Waals surface area contributed by atoms with Crippen LogP contribution in [0.2, 0.25) is 0 Å². The zero-order valence-electron chi connectivity index (χ0n) is 19.8. The third kappa shape index (κ3) is 5.23. The van der Waals surface area contributed by atoms with Gasteiger partial charge in [-0.2, -0.15) is 0 Å². The normalized spacial score (nSPS) is 16.6. The van der Waals surface area contributed by atoms with Gasteiger partial charge in [-0.25, -0.2) is 0 Å². The molecule has 2 saturated heterocycles. The maximum atomic E-state index is 12.7. The fraction of sp³-hybridized carbons (Fsp3) is 0.400. The number of benzene rings is 2. The van der Waals surface area contributed by atoms with Gasteiger partial charge in [0.1, 0.15) is 23.4 Å². The Kier molecular flexibility index (Phi) is 6.82. The largest absolute Gasteiger partial charge is 0.497 e. The summed E-state index contributed by atoms with van der Waals surface area (Å²) in [5, 5.41) is 7.92. The number of methoxy groups -OCH3 is 2. The number of hydrogen-bond donors (Lipinski definition) is 0. The number of nitrogens with zero attached hydrogens (tertiary/aromatic N) is 4. The summed E-state index contributed by atoms with van der Waals surface area (Å²) in [5.41, 5.74) is 1.82. The zero-order chi connectivity index (χ0) is 24.2. The number of carbonyl (C=O) groups excluding carboxylic acids is 1. The van der Waals surface area contributed by atoms with E-state index in [0.29, 0.717) is 24.4 Å². The Balaban J connectivity index is 1.15. The van der Waals surface area contributed by atoms with E-state index in [1.165, 1.54) is 0 Å². The summed E-state index contributed by atoms with van der Waals surface area (Å²) in [6.45, 7) is 5.03. The van der Waals surface area contributed by atoms with Gasteiger partial charge in [0.05, 0.1) is 40.5 Å². The van der Waals surface area contributed by atoms with Gasteiger partial charge in [-0.3, -0.25) is 9.69 Å². The summed E-state index contributed by atoms with van der Waals surface area (Å²) in [6, 6.07) is 13.1. The molecule has 10 heteroatoms. The van der Waals surface area contributed by atoms with E-state index in [1.54, 1.807) is 43.4 Å². The van der Waals surface area contributed by atoms with E-state index in [4.69, 9.17) is 23.4 Å². The molecule has 3 heterocycles. The molecule has 0 atom stereocenters. The molecule has 35 heavy (non-hydrogen) atoms. The summed E-state index contributed by atoms with van der Waals surface area (Å²) in [5.74, 6) is 2.16. The van der Waals surface area contributed by atoms with Gasteiger partial charge in [-0.05, 0) is 30.3 Å². The lowest BCUT2D eigenvalue weighted by Crippen LogP contribution is -2.56. The van der Waals surface area contributed by atoms with Gasteiger partial charge < -0.3 is 28.3 Å². The van der Waals surface area contributed by atoms with Gasteiger partial charge in [-0.15, -0.1) is 10.2 Å². The van der Waals surface area contributed by atoms with Crippen LogP contribution in [0.4, 0.5) is 0 Å². The topological polar surface area (TPSA) is 99.4 Å². The highest BCUT2D eigenvalue weighted by Crippen LogP contribution is 2.29. The molecule has 0 saturated carbocycles. The second-order valence-electron chi connectivity index (χ2n) is 8.45. The average Bonchev–Trinajstić information content (AvgIpc) is 3.37. The van der Waals surface area contributed by atoms with Crippen LogP contribution in [0.1, 0.15) is 16.2 Å². The summed E-state index contributed by atoms with van der Waals surface area (Å²) in [6.07, 6.45) is -0.113. The molecule has 184 valence electrons. The van der Waals surface area contributed by atoms with Crippen molar-refractivity contribution in [3.8, 4) is 28.7 Å². The number of aromatic nitrogens is 2. The quantitative estimate of drug-likeness (QED) is 0.481. The molecule has 5 rings (SSSR count). The van der Waals surface area contributed by atoms with E-state index in [1.807, 2.05) is 18.2 Å². The molecule has 0 bridgehead atoms. The number of amides is 1. The fourth-order valence-electron chi connectivity index (χ4n) is 4.10. The van der Waals surface area contributed by atoms with Gasteiger partial charge in [0.2, 0.25) is 5.89 Å². The Morgan fingerprint density at radius 2 is 1.74 bits per heavy atom. The molecule has 0 radical (unpaired) electrons. The van der Waals surface area contributed by atoms with Crippen LogP contribution in [-0.2, 0) is 11.3 Å². The van der Waals surface area contributed by atoms with Crippen LogP contribution in [0.3, 0.4) is 0 Å². The van der Waals surface area contributed by atoms with E-state index >= 15 is 0 Å². The van der Waals surface area contributed by atoms with E-state index in [-0.39, 0.29) is 23.8 Å². The molecule has 0 unspecified atom stereocenters. The van der Waals surface area contributed by atoms with Crippen molar-refractivity contribution in [1.29, 1.82) is 0 Å². The molecule has 2 fully saturated rings. The first-order chi connectivity index (χ1) is 17.1. The average molecular weight is 481 g/mol. The minimum Gasteiger partial charge on any atom is -0.497 e. The maximum absolute atomic E-state index is 12.7. The standard InChI is InChI=1S/C25H28N4O6/c1-31-19-6-3-17(4-7-19)23-26-27-24(35-23)25(30)29-15-21(16-29)34-20-8-5-18(22(13-20)32-2)14-28-9-11-33-12-10-28/h3-8,13,21H,9-12,14-16H2,1-2H3. The molecule has 2 aliphatic heterocycles.